The molecule has 0 spiro atoms. The first kappa shape index (κ1) is 18.2. The minimum Gasteiger partial charge on any atom is -0.367 e. The lowest BCUT2D eigenvalue weighted by atomic mass is 10.1. The topological polar surface area (TPSA) is 94.2 Å². The van der Waals surface area contributed by atoms with Gasteiger partial charge in [-0.1, -0.05) is 11.2 Å². The molecule has 1 fully saturated rings. The number of hydrogen-bond acceptors (Lipinski definition) is 7. The molecule has 1 unspecified atom stereocenters. The molecule has 1 aliphatic rings. The van der Waals surface area contributed by atoms with Gasteiger partial charge >= 0.3 is 0 Å². The van der Waals surface area contributed by atoms with Crippen molar-refractivity contribution in [3.05, 3.63) is 60.0 Å². The SMILES string of the molecule is Cc1cccnc1C(=O)N1CCCC(OCc2nc(-c3ccncc3)no2)C1. The van der Waals surface area contributed by atoms with Crippen LogP contribution < -0.4 is 0 Å². The van der Waals surface area contributed by atoms with E-state index in [1.165, 1.54) is 0 Å². The molecule has 4 rings (SSSR count). The first-order valence-electron chi connectivity index (χ1n) is 9.26. The number of hydrogen-bond donors (Lipinski definition) is 0. The first-order chi connectivity index (χ1) is 13.7. The van der Waals surface area contributed by atoms with E-state index in [1.807, 2.05) is 31.2 Å². The highest BCUT2D eigenvalue weighted by Gasteiger charge is 2.27. The Labute approximate surface area is 162 Å². The molecule has 144 valence electrons. The second kappa shape index (κ2) is 8.26. The van der Waals surface area contributed by atoms with Crippen LogP contribution in [0, 0.1) is 6.92 Å². The number of carbonyl (C=O) groups is 1. The summed E-state index contributed by atoms with van der Waals surface area (Å²) in [5.41, 5.74) is 2.22. The van der Waals surface area contributed by atoms with Crippen molar-refractivity contribution in [1.82, 2.24) is 25.0 Å². The van der Waals surface area contributed by atoms with E-state index in [1.54, 1.807) is 23.5 Å². The fraction of sp³-hybridized carbons (Fsp3) is 0.350. The quantitative estimate of drug-likeness (QED) is 0.672. The van der Waals surface area contributed by atoms with Crippen molar-refractivity contribution in [2.24, 2.45) is 0 Å². The smallest absolute Gasteiger partial charge is 0.272 e. The Kier molecular flexibility index (Phi) is 5.38. The molecule has 0 bridgehead atoms. The molecule has 0 aromatic carbocycles. The molecule has 0 aliphatic carbocycles. The van der Waals surface area contributed by atoms with Gasteiger partial charge in [0.25, 0.3) is 11.8 Å². The van der Waals surface area contributed by atoms with Gasteiger partial charge < -0.3 is 14.2 Å². The number of likely N-dealkylation sites (tertiary alicyclic amines) is 1. The summed E-state index contributed by atoms with van der Waals surface area (Å²) in [6, 6.07) is 7.37. The largest absolute Gasteiger partial charge is 0.367 e. The van der Waals surface area contributed by atoms with Gasteiger partial charge in [0.1, 0.15) is 12.3 Å². The van der Waals surface area contributed by atoms with Crippen molar-refractivity contribution in [1.29, 1.82) is 0 Å². The van der Waals surface area contributed by atoms with E-state index in [0.29, 0.717) is 30.5 Å². The molecule has 0 saturated carbocycles. The van der Waals surface area contributed by atoms with E-state index >= 15 is 0 Å². The highest BCUT2D eigenvalue weighted by molar-refractivity contribution is 5.93. The molecule has 1 amide bonds. The Morgan fingerprint density at radius 2 is 2.14 bits per heavy atom. The number of amides is 1. The summed E-state index contributed by atoms with van der Waals surface area (Å²) in [6.45, 7) is 3.35. The molecule has 3 aromatic rings. The number of aryl methyl sites for hydroxylation is 1. The Balaban J connectivity index is 1.35. The predicted octanol–water partition coefficient (Wildman–Crippen LogP) is 2.66. The second-order valence-electron chi connectivity index (χ2n) is 6.74. The van der Waals surface area contributed by atoms with Gasteiger partial charge in [0.15, 0.2) is 0 Å². The van der Waals surface area contributed by atoms with Crippen LogP contribution in [0.3, 0.4) is 0 Å². The third kappa shape index (κ3) is 4.07. The van der Waals surface area contributed by atoms with Crippen molar-refractivity contribution < 1.29 is 14.1 Å². The monoisotopic (exact) mass is 379 g/mol. The van der Waals surface area contributed by atoms with E-state index in [9.17, 15) is 4.79 Å². The van der Waals surface area contributed by atoms with E-state index in [2.05, 4.69) is 20.1 Å². The van der Waals surface area contributed by atoms with Gasteiger partial charge in [-0.15, -0.1) is 0 Å². The summed E-state index contributed by atoms with van der Waals surface area (Å²) in [5, 5.41) is 3.98. The summed E-state index contributed by atoms with van der Waals surface area (Å²) in [7, 11) is 0. The van der Waals surface area contributed by atoms with Crippen LogP contribution in [0.5, 0.6) is 0 Å². The summed E-state index contributed by atoms with van der Waals surface area (Å²) >= 11 is 0. The third-order valence-corrected chi connectivity index (χ3v) is 4.73. The Morgan fingerprint density at radius 1 is 1.29 bits per heavy atom. The zero-order chi connectivity index (χ0) is 19.3. The molecule has 1 atom stereocenters. The summed E-state index contributed by atoms with van der Waals surface area (Å²) < 4.78 is 11.2. The number of pyridine rings is 2. The Bertz CT molecular complexity index is 944. The van der Waals surface area contributed by atoms with Crippen LogP contribution in [0.1, 0.15) is 34.8 Å². The molecule has 0 N–H and O–H groups in total. The van der Waals surface area contributed by atoms with Crippen LogP contribution in [-0.4, -0.2) is 50.1 Å². The van der Waals surface area contributed by atoms with E-state index in [4.69, 9.17) is 9.26 Å². The van der Waals surface area contributed by atoms with Gasteiger partial charge in [0, 0.05) is 37.2 Å². The molecule has 4 heterocycles. The minimum atomic E-state index is -0.0713. The van der Waals surface area contributed by atoms with E-state index in [-0.39, 0.29) is 18.6 Å². The Morgan fingerprint density at radius 3 is 2.96 bits per heavy atom. The van der Waals surface area contributed by atoms with Crippen LogP contribution in [-0.2, 0) is 11.3 Å². The number of piperidine rings is 1. The van der Waals surface area contributed by atoms with Crippen LogP contribution in [0.15, 0.2) is 47.4 Å². The molecule has 0 radical (unpaired) electrons. The zero-order valence-corrected chi connectivity index (χ0v) is 15.6. The lowest BCUT2D eigenvalue weighted by Crippen LogP contribution is -2.43. The van der Waals surface area contributed by atoms with Gasteiger partial charge in [-0.25, -0.2) is 0 Å². The van der Waals surface area contributed by atoms with Crippen LogP contribution in [0.2, 0.25) is 0 Å². The number of nitrogens with zero attached hydrogens (tertiary/aromatic N) is 5. The standard InChI is InChI=1S/C20H21N5O3/c1-14-4-2-8-22-18(14)20(26)25-11-3-5-16(12-25)27-13-17-23-19(24-28-17)15-6-9-21-10-7-15/h2,4,6-10,16H,3,5,11-13H2,1H3. The summed E-state index contributed by atoms with van der Waals surface area (Å²) in [5.74, 6) is 0.868. The molecular weight excluding hydrogens is 358 g/mol. The fourth-order valence-corrected chi connectivity index (χ4v) is 3.24. The molecule has 3 aromatic heterocycles. The fourth-order valence-electron chi connectivity index (χ4n) is 3.24. The van der Waals surface area contributed by atoms with E-state index in [0.717, 1.165) is 24.0 Å². The van der Waals surface area contributed by atoms with Crippen LogP contribution in [0.25, 0.3) is 11.4 Å². The molecule has 8 heteroatoms. The average molecular weight is 379 g/mol. The molecule has 1 saturated heterocycles. The number of rotatable bonds is 5. The lowest BCUT2D eigenvalue weighted by molar-refractivity contribution is -0.0155. The van der Waals surface area contributed by atoms with Gasteiger partial charge in [-0.05, 0) is 43.5 Å². The number of ether oxygens (including phenoxy) is 1. The van der Waals surface area contributed by atoms with Crippen molar-refractivity contribution >= 4 is 5.91 Å². The zero-order valence-electron chi connectivity index (χ0n) is 15.6. The second-order valence-corrected chi connectivity index (χ2v) is 6.74. The van der Waals surface area contributed by atoms with Gasteiger partial charge in [-0.2, -0.15) is 4.98 Å². The molecule has 1 aliphatic heterocycles. The lowest BCUT2D eigenvalue weighted by Gasteiger charge is -2.32. The highest BCUT2D eigenvalue weighted by atomic mass is 16.5. The van der Waals surface area contributed by atoms with Crippen molar-refractivity contribution in [3.8, 4) is 11.4 Å². The molecular formula is C20H21N5O3. The number of carbonyl (C=O) groups excluding carboxylic acids is 1. The minimum absolute atomic E-state index is 0.0517. The normalized spacial score (nSPS) is 16.9. The van der Waals surface area contributed by atoms with Gasteiger partial charge in [0.2, 0.25) is 5.82 Å². The predicted molar refractivity (Wildman–Crippen MR) is 100 cm³/mol. The van der Waals surface area contributed by atoms with Crippen molar-refractivity contribution in [3.63, 3.8) is 0 Å². The van der Waals surface area contributed by atoms with Crippen molar-refractivity contribution in [2.75, 3.05) is 13.1 Å². The highest BCUT2D eigenvalue weighted by Crippen LogP contribution is 2.19. The first-order valence-corrected chi connectivity index (χ1v) is 9.26. The summed E-state index contributed by atoms with van der Waals surface area (Å²) in [6.07, 6.45) is 6.70. The third-order valence-electron chi connectivity index (χ3n) is 4.73. The maximum Gasteiger partial charge on any atom is 0.272 e. The average Bonchev–Trinajstić information content (AvgIpc) is 3.22. The molecule has 28 heavy (non-hydrogen) atoms. The maximum atomic E-state index is 12.8. The number of aromatic nitrogens is 4. The summed E-state index contributed by atoms with van der Waals surface area (Å²) in [4.78, 5) is 27.1. The maximum absolute atomic E-state index is 12.8. The van der Waals surface area contributed by atoms with Gasteiger partial charge in [-0.3, -0.25) is 14.8 Å². The Hall–Kier alpha value is -3.13. The van der Waals surface area contributed by atoms with Crippen molar-refractivity contribution in [2.45, 2.75) is 32.5 Å². The van der Waals surface area contributed by atoms with Crippen LogP contribution in [0.4, 0.5) is 0 Å². The van der Waals surface area contributed by atoms with Gasteiger partial charge in [0.05, 0.1) is 6.10 Å². The van der Waals surface area contributed by atoms with E-state index < -0.39 is 0 Å². The van der Waals surface area contributed by atoms with Crippen LogP contribution >= 0.6 is 0 Å². The molecule has 8 nitrogen and oxygen atoms in total.